The fraction of sp³-hybridized carbons (Fsp3) is 0.500. The lowest BCUT2D eigenvalue weighted by Crippen LogP contribution is -2.12. The second-order valence-corrected chi connectivity index (χ2v) is 3.50. The molecule has 5 heteroatoms. The zero-order valence-corrected chi connectivity index (χ0v) is 10.6. The van der Waals surface area contributed by atoms with Crippen molar-refractivity contribution >= 4 is 12.1 Å². The fourth-order valence-electron chi connectivity index (χ4n) is 1.68. The highest BCUT2D eigenvalue weighted by Gasteiger charge is 2.18. The van der Waals surface area contributed by atoms with Crippen LogP contribution in [0.5, 0.6) is 0 Å². The minimum Gasteiger partial charge on any atom is -0.373 e. The zero-order valence-electron chi connectivity index (χ0n) is 10.6. The fourth-order valence-corrected chi connectivity index (χ4v) is 1.68. The van der Waals surface area contributed by atoms with E-state index in [9.17, 15) is 4.79 Å². The van der Waals surface area contributed by atoms with Crippen LogP contribution in [-0.4, -0.2) is 32.5 Å². The van der Waals surface area contributed by atoms with Gasteiger partial charge in [0.15, 0.2) is 6.29 Å². The van der Waals surface area contributed by atoms with Gasteiger partial charge in [-0.05, 0) is 18.1 Å². The Labute approximate surface area is 101 Å². The van der Waals surface area contributed by atoms with Gasteiger partial charge in [-0.15, -0.1) is 0 Å². The first-order chi connectivity index (χ1) is 8.21. The number of rotatable bonds is 6. The molecule has 1 aromatic heterocycles. The number of nitrogens with one attached hydrogen (secondary N) is 1. The Hall–Kier alpha value is -1.46. The molecule has 0 amide bonds. The van der Waals surface area contributed by atoms with E-state index in [4.69, 9.17) is 9.47 Å². The molecule has 0 fully saturated rings. The van der Waals surface area contributed by atoms with E-state index < -0.39 is 6.29 Å². The molecule has 1 heterocycles. The van der Waals surface area contributed by atoms with Crippen molar-refractivity contribution in [3.63, 3.8) is 0 Å². The molecule has 0 aliphatic rings. The van der Waals surface area contributed by atoms with Crippen LogP contribution in [-0.2, 0) is 15.9 Å². The minimum absolute atomic E-state index is 0.492. The summed E-state index contributed by atoms with van der Waals surface area (Å²) in [5, 5.41) is 3.00. The predicted octanol–water partition coefficient (Wildman–Crippen LogP) is 1.79. The second-order valence-electron chi connectivity index (χ2n) is 3.50. The first-order valence-electron chi connectivity index (χ1n) is 5.44. The van der Waals surface area contributed by atoms with Crippen LogP contribution in [0.15, 0.2) is 6.07 Å². The van der Waals surface area contributed by atoms with Gasteiger partial charge in [-0.25, -0.2) is 4.98 Å². The summed E-state index contributed by atoms with van der Waals surface area (Å²) in [6.45, 7) is 2.01. The molecular weight excluding hydrogens is 220 g/mol. The van der Waals surface area contributed by atoms with E-state index in [-0.39, 0.29) is 0 Å². The number of anilines is 1. The molecule has 1 aromatic rings. The summed E-state index contributed by atoms with van der Waals surface area (Å²) < 4.78 is 10.3. The van der Waals surface area contributed by atoms with Gasteiger partial charge in [-0.2, -0.15) is 0 Å². The van der Waals surface area contributed by atoms with Gasteiger partial charge in [0.05, 0.1) is 0 Å². The first kappa shape index (κ1) is 13.6. The molecule has 0 saturated carbocycles. The number of aryl methyl sites for hydroxylation is 1. The minimum atomic E-state index is -0.631. The number of nitrogens with zero attached hydrogens (tertiary/aromatic N) is 1. The van der Waals surface area contributed by atoms with Gasteiger partial charge >= 0.3 is 0 Å². The molecule has 1 rings (SSSR count). The van der Waals surface area contributed by atoms with Crippen molar-refractivity contribution in [2.24, 2.45) is 0 Å². The highest BCUT2D eigenvalue weighted by atomic mass is 16.7. The molecule has 94 valence electrons. The number of hydrogen-bond acceptors (Lipinski definition) is 5. The van der Waals surface area contributed by atoms with E-state index in [0.29, 0.717) is 11.3 Å². The Morgan fingerprint density at radius 2 is 2.12 bits per heavy atom. The topological polar surface area (TPSA) is 60.5 Å². The lowest BCUT2D eigenvalue weighted by Gasteiger charge is -2.17. The standard InChI is InChI=1S/C12H18N2O3/c1-5-8-6-9(7-15)10(12(16-3)17-4)14-11(8)13-2/h6-7,12H,5H2,1-4H3,(H,13,14). The molecule has 0 radical (unpaired) electrons. The second kappa shape index (κ2) is 6.32. The molecule has 0 aromatic carbocycles. The number of methoxy groups -OCH3 is 2. The van der Waals surface area contributed by atoms with Crippen LogP contribution >= 0.6 is 0 Å². The van der Waals surface area contributed by atoms with Crippen LogP contribution in [0.2, 0.25) is 0 Å². The summed E-state index contributed by atoms with van der Waals surface area (Å²) in [4.78, 5) is 15.4. The van der Waals surface area contributed by atoms with Crippen molar-refractivity contribution < 1.29 is 14.3 Å². The third kappa shape index (κ3) is 2.81. The Bertz CT molecular complexity index is 390. The zero-order chi connectivity index (χ0) is 12.8. The number of carbonyl (C=O) groups is 1. The number of pyridine rings is 1. The number of carbonyl (C=O) groups excluding carboxylic acids is 1. The molecule has 0 unspecified atom stereocenters. The summed E-state index contributed by atoms with van der Waals surface area (Å²) >= 11 is 0. The molecule has 0 aliphatic carbocycles. The summed E-state index contributed by atoms with van der Waals surface area (Å²) in [7, 11) is 4.81. The average Bonchev–Trinajstić information content (AvgIpc) is 2.39. The molecule has 0 saturated heterocycles. The van der Waals surface area contributed by atoms with E-state index in [0.717, 1.165) is 24.1 Å². The van der Waals surface area contributed by atoms with Crippen LogP contribution < -0.4 is 5.32 Å². The Morgan fingerprint density at radius 3 is 2.53 bits per heavy atom. The van der Waals surface area contributed by atoms with Crippen LogP contribution in [0.4, 0.5) is 5.82 Å². The van der Waals surface area contributed by atoms with Crippen molar-refractivity contribution in [3.8, 4) is 0 Å². The smallest absolute Gasteiger partial charge is 0.201 e. The predicted molar refractivity (Wildman–Crippen MR) is 65.3 cm³/mol. The maximum absolute atomic E-state index is 11.1. The van der Waals surface area contributed by atoms with Crippen LogP contribution in [0.3, 0.4) is 0 Å². The molecular formula is C12H18N2O3. The van der Waals surface area contributed by atoms with Gasteiger partial charge in [0, 0.05) is 26.8 Å². The Balaban J connectivity index is 3.32. The maximum Gasteiger partial charge on any atom is 0.201 e. The highest BCUT2D eigenvalue weighted by molar-refractivity contribution is 5.78. The van der Waals surface area contributed by atoms with Crippen molar-refractivity contribution in [1.29, 1.82) is 0 Å². The number of ether oxygens (including phenoxy) is 2. The van der Waals surface area contributed by atoms with Crippen LogP contribution in [0.25, 0.3) is 0 Å². The lowest BCUT2D eigenvalue weighted by atomic mass is 10.1. The SMILES string of the molecule is CCc1cc(C=O)c(C(OC)OC)nc1NC. The largest absolute Gasteiger partial charge is 0.373 e. The Kier molecular flexibility index (Phi) is 5.06. The average molecular weight is 238 g/mol. The molecule has 5 nitrogen and oxygen atoms in total. The van der Waals surface area contributed by atoms with Gasteiger partial charge < -0.3 is 14.8 Å². The van der Waals surface area contributed by atoms with Crippen molar-refractivity contribution in [1.82, 2.24) is 4.98 Å². The molecule has 1 N–H and O–H groups in total. The highest BCUT2D eigenvalue weighted by Crippen LogP contribution is 2.24. The number of aldehydes is 1. The molecule has 0 bridgehead atoms. The van der Waals surface area contributed by atoms with Crippen LogP contribution in [0.1, 0.15) is 34.8 Å². The molecule has 17 heavy (non-hydrogen) atoms. The van der Waals surface area contributed by atoms with E-state index in [1.807, 2.05) is 13.0 Å². The van der Waals surface area contributed by atoms with Crippen molar-refractivity contribution in [2.75, 3.05) is 26.6 Å². The van der Waals surface area contributed by atoms with Gasteiger partial charge in [0.2, 0.25) is 6.29 Å². The summed E-state index contributed by atoms with van der Waals surface area (Å²) in [5.74, 6) is 0.743. The summed E-state index contributed by atoms with van der Waals surface area (Å²) in [6.07, 6.45) is 0.939. The molecule has 0 aliphatic heterocycles. The van der Waals surface area contributed by atoms with Gasteiger partial charge in [-0.1, -0.05) is 6.92 Å². The lowest BCUT2D eigenvalue weighted by molar-refractivity contribution is -0.108. The Morgan fingerprint density at radius 1 is 1.47 bits per heavy atom. The third-order valence-corrected chi connectivity index (χ3v) is 2.56. The molecule has 0 spiro atoms. The summed E-state index contributed by atoms with van der Waals surface area (Å²) in [5.41, 5.74) is 1.98. The third-order valence-electron chi connectivity index (χ3n) is 2.56. The number of aromatic nitrogens is 1. The van der Waals surface area contributed by atoms with E-state index in [2.05, 4.69) is 10.3 Å². The van der Waals surface area contributed by atoms with Gasteiger partial charge in [0.1, 0.15) is 11.5 Å². The number of hydrogen-bond donors (Lipinski definition) is 1. The normalized spacial score (nSPS) is 10.6. The van der Waals surface area contributed by atoms with Crippen LogP contribution in [0, 0.1) is 0 Å². The van der Waals surface area contributed by atoms with Gasteiger partial charge in [0.25, 0.3) is 0 Å². The maximum atomic E-state index is 11.1. The van der Waals surface area contributed by atoms with E-state index >= 15 is 0 Å². The van der Waals surface area contributed by atoms with Crippen molar-refractivity contribution in [2.45, 2.75) is 19.6 Å². The monoisotopic (exact) mass is 238 g/mol. The molecule has 0 atom stereocenters. The summed E-state index contributed by atoms with van der Waals surface area (Å²) in [6, 6.07) is 1.81. The van der Waals surface area contributed by atoms with Crippen molar-refractivity contribution in [3.05, 3.63) is 22.9 Å². The van der Waals surface area contributed by atoms with E-state index in [1.54, 1.807) is 7.05 Å². The van der Waals surface area contributed by atoms with Gasteiger partial charge in [-0.3, -0.25) is 4.79 Å². The quantitative estimate of drug-likeness (QED) is 0.604. The first-order valence-corrected chi connectivity index (χ1v) is 5.44. The van der Waals surface area contributed by atoms with E-state index in [1.165, 1.54) is 14.2 Å².